The number of ether oxygens (including phenoxy) is 1. The van der Waals surface area contributed by atoms with E-state index in [-0.39, 0.29) is 5.41 Å². The molecule has 0 radical (unpaired) electrons. The van der Waals surface area contributed by atoms with E-state index in [0.717, 1.165) is 36.7 Å². The van der Waals surface area contributed by atoms with Gasteiger partial charge in [0.1, 0.15) is 4.60 Å². The highest BCUT2D eigenvalue weighted by molar-refractivity contribution is 9.10. The van der Waals surface area contributed by atoms with Crippen LogP contribution in [-0.2, 0) is 0 Å². The van der Waals surface area contributed by atoms with E-state index in [4.69, 9.17) is 4.74 Å². The quantitative estimate of drug-likeness (QED) is 0.353. The summed E-state index contributed by atoms with van der Waals surface area (Å²) in [7, 11) is 0. The highest BCUT2D eigenvalue weighted by Gasteiger charge is 2.25. The number of rotatable bonds is 9. The molecule has 1 rings (SSSR count). The van der Waals surface area contributed by atoms with Crippen molar-refractivity contribution in [1.29, 1.82) is 0 Å². The molecule has 1 aromatic rings. The standard InChI is InChI=1S/C17H26BrNO2/c1-4-9-14(20)17(3,5-2)12-6-7-13-21-16-11-8-10-15(18)19-16/h8-11,20H,4-7,12-13H2,1-3H3/b14-9+. The van der Waals surface area contributed by atoms with Crippen LogP contribution in [0.4, 0.5) is 0 Å². The van der Waals surface area contributed by atoms with Gasteiger partial charge < -0.3 is 9.84 Å². The van der Waals surface area contributed by atoms with Crippen LogP contribution in [0.15, 0.2) is 34.6 Å². The van der Waals surface area contributed by atoms with Crippen LogP contribution in [-0.4, -0.2) is 16.7 Å². The average Bonchev–Trinajstić information content (AvgIpc) is 2.47. The molecule has 21 heavy (non-hydrogen) atoms. The summed E-state index contributed by atoms with van der Waals surface area (Å²) in [4.78, 5) is 4.23. The van der Waals surface area contributed by atoms with Crippen LogP contribution < -0.4 is 4.74 Å². The maximum absolute atomic E-state index is 10.1. The summed E-state index contributed by atoms with van der Waals surface area (Å²) in [6, 6.07) is 5.65. The number of aliphatic hydroxyl groups excluding tert-OH is 1. The number of hydrogen-bond acceptors (Lipinski definition) is 3. The molecule has 1 aromatic heterocycles. The first-order valence-electron chi connectivity index (χ1n) is 7.66. The van der Waals surface area contributed by atoms with Gasteiger partial charge in [-0.05, 0) is 60.2 Å². The molecule has 1 heterocycles. The van der Waals surface area contributed by atoms with Gasteiger partial charge in [-0.1, -0.05) is 26.8 Å². The maximum Gasteiger partial charge on any atom is 0.214 e. The molecule has 0 amide bonds. The lowest BCUT2D eigenvalue weighted by atomic mass is 9.80. The average molecular weight is 356 g/mol. The highest BCUT2D eigenvalue weighted by atomic mass is 79.9. The summed E-state index contributed by atoms with van der Waals surface area (Å²) >= 11 is 3.33. The summed E-state index contributed by atoms with van der Waals surface area (Å²) in [6.07, 6.45) is 6.71. The molecule has 0 aliphatic carbocycles. The minimum Gasteiger partial charge on any atom is -0.512 e. The molecule has 0 aromatic carbocycles. The third-order valence-corrected chi connectivity index (χ3v) is 4.30. The molecule has 1 atom stereocenters. The first-order chi connectivity index (χ1) is 10.0. The van der Waals surface area contributed by atoms with Gasteiger partial charge in [-0.15, -0.1) is 0 Å². The fourth-order valence-corrected chi connectivity index (χ4v) is 2.52. The number of pyridine rings is 1. The Morgan fingerprint density at radius 1 is 1.38 bits per heavy atom. The third-order valence-electron chi connectivity index (χ3n) is 3.86. The lowest BCUT2D eigenvalue weighted by Gasteiger charge is -2.27. The zero-order valence-electron chi connectivity index (χ0n) is 13.2. The fourth-order valence-electron chi connectivity index (χ4n) is 2.19. The predicted molar refractivity (Wildman–Crippen MR) is 90.7 cm³/mol. The van der Waals surface area contributed by atoms with Gasteiger partial charge in [0, 0.05) is 11.5 Å². The van der Waals surface area contributed by atoms with Crippen LogP contribution in [0.2, 0.25) is 0 Å². The smallest absolute Gasteiger partial charge is 0.214 e. The Morgan fingerprint density at radius 3 is 2.76 bits per heavy atom. The molecule has 0 aliphatic rings. The molecule has 1 unspecified atom stereocenters. The SMILES string of the molecule is CC/C=C(/O)C(C)(CC)CCCCOc1cccc(Br)n1. The molecule has 0 aliphatic heterocycles. The van der Waals surface area contributed by atoms with Gasteiger partial charge in [0.05, 0.1) is 12.4 Å². The number of halogens is 1. The van der Waals surface area contributed by atoms with E-state index < -0.39 is 0 Å². The van der Waals surface area contributed by atoms with Crippen LogP contribution in [0.25, 0.3) is 0 Å². The van der Waals surface area contributed by atoms with Crippen LogP contribution in [0.5, 0.6) is 5.88 Å². The number of nitrogens with zero attached hydrogens (tertiary/aromatic N) is 1. The van der Waals surface area contributed by atoms with E-state index in [1.54, 1.807) is 0 Å². The molecule has 0 saturated carbocycles. The van der Waals surface area contributed by atoms with Crippen molar-refractivity contribution in [3.63, 3.8) is 0 Å². The van der Waals surface area contributed by atoms with Gasteiger partial charge >= 0.3 is 0 Å². The van der Waals surface area contributed by atoms with Crippen LogP contribution >= 0.6 is 15.9 Å². The minimum atomic E-state index is -0.107. The number of allylic oxidation sites excluding steroid dienone is 2. The van der Waals surface area contributed by atoms with Crippen LogP contribution in [0.3, 0.4) is 0 Å². The van der Waals surface area contributed by atoms with E-state index in [9.17, 15) is 5.11 Å². The Morgan fingerprint density at radius 2 is 2.14 bits per heavy atom. The van der Waals surface area contributed by atoms with Crippen LogP contribution in [0, 0.1) is 5.41 Å². The second-order valence-corrected chi connectivity index (χ2v) is 6.33. The molecule has 118 valence electrons. The molecule has 0 fully saturated rings. The molecular formula is C17H26BrNO2. The summed E-state index contributed by atoms with van der Waals surface area (Å²) in [5.74, 6) is 1.18. The van der Waals surface area contributed by atoms with Crippen molar-refractivity contribution in [2.45, 2.75) is 52.9 Å². The molecule has 3 nitrogen and oxygen atoms in total. The Bertz CT molecular complexity index is 462. The second-order valence-electron chi connectivity index (χ2n) is 5.52. The lowest BCUT2D eigenvalue weighted by molar-refractivity contribution is 0.203. The van der Waals surface area contributed by atoms with Crippen molar-refractivity contribution >= 4 is 15.9 Å². The molecule has 0 saturated heterocycles. The Kier molecular flexibility index (Phi) is 7.79. The fraction of sp³-hybridized carbons (Fsp3) is 0.588. The van der Waals surface area contributed by atoms with Crippen molar-refractivity contribution in [2.24, 2.45) is 5.41 Å². The van der Waals surface area contributed by atoms with Crippen LogP contribution in [0.1, 0.15) is 52.9 Å². The molecule has 0 spiro atoms. The number of hydrogen-bond donors (Lipinski definition) is 1. The molecule has 0 bridgehead atoms. The van der Waals surface area contributed by atoms with Crippen molar-refractivity contribution in [3.05, 3.63) is 34.6 Å². The van der Waals surface area contributed by atoms with E-state index >= 15 is 0 Å². The largest absolute Gasteiger partial charge is 0.512 e. The minimum absolute atomic E-state index is 0.107. The Hall–Kier alpha value is -1.03. The monoisotopic (exact) mass is 355 g/mol. The molecule has 4 heteroatoms. The van der Waals surface area contributed by atoms with Gasteiger partial charge in [-0.2, -0.15) is 0 Å². The molecule has 1 N–H and O–H groups in total. The van der Waals surface area contributed by atoms with Crippen molar-refractivity contribution in [1.82, 2.24) is 4.98 Å². The first-order valence-corrected chi connectivity index (χ1v) is 8.46. The van der Waals surface area contributed by atoms with Crippen molar-refractivity contribution < 1.29 is 9.84 Å². The zero-order chi connectivity index (χ0) is 15.7. The van der Waals surface area contributed by atoms with Crippen molar-refractivity contribution in [3.8, 4) is 5.88 Å². The van der Waals surface area contributed by atoms with Gasteiger partial charge in [-0.3, -0.25) is 0 Å². The summed E-state index contributed by atoms with van der Waals surface area (Å²) in [6.45, 7) is 6.96. The number of aromatic nitrogens is 1. The Balaban J connectivity index is 2.34. The topological polar surface area (TPSA) is 42.4 Å². The lowest BCUT2D eigenvalue weighted by Crippen LogP contribution is -2.18. The summed E-state index contributed by atoms with van der Waals surface area (Å²) in [5, 5.41) is 10.1. The van der Waals surface area contributed by atoms with Gasteiger partial charge in [0.2, 0.25) is 5.88 Å². The van der Waals surface area contributed by atoms with Gasteiger partial charge in [-0.25, -0.2) is 4.98 Å². The first kappa shape index (κ1) is 18.0. The predicted octanol–water partition coefficient (Wildman–Crippen LogP) is 5.66. The molecular weight excluding hydrogens is 330 g/mol. The van der Waals surface area contributed by atoms with E-state index in [1.165, 1.54) is 0 Å². The van der Waals surface area contributed by atoms with Crippen molar-refractivity contribution in [2.75, 3.05) is 6.61 Å². The summed E-state index contributed by atoms with van der Waals surface area (Å²) < 4.78 is 6.41. The maximum atomic E-state index is 10.1. The van der Waals surface area contributed by atoms with E-state index in [1.807, 2.05) is 31.2 Å². The number of aliphatic hydroxyl groups is 1. The highest BCUT2D eigenvalue weighted by Crippen LogP contribution is 2.35. The van der Waals surface area contributed by atoms with E-state index in [0.29, 0.717) is 18.2 Å². The third kappa shape index (κ3) is 6.08. The number of unbranched alkanes of at least 4 members (excludes halogenated alkanes) is 1. The normalized spacial score (nSPS) is 14.8. The zero-order valence-corrected chi connectivity index (χ0v) is 14.8. The Labute approximate surface area is 136 Å². The second kappa shape index (κ2) is 9.08. The van der Waals surface area contributed by atoms with Gasteiger partial charge in [0.25, 0.3) is 0 Å². The van der Waals surface area contributed by atoms with E-state index in [2.05, 4.69) is 34.8 Å². The summed E-state index contributed by atoms with van der Waals surface area (Å²) in [5.41, 5.74) is -0.107. The van der Waals surface area contributed by atoms with Gasteiger partial charge in [0.15, 0.2) is 0 Å².